The van der Waals surface area contributed by atoms with Crippen LogP contribution in [0.2, 0.25) is 0 Å². The minimum absolute atomic E-state index is 0.0476. The van der Waals surface area contributed by atoms with Crippen LogP contribution in [-0.4, -0.2) is 64.4 Å². The fourth-order valence-electron chi connectivity index (χ4n) is 2.60. The average Bonchev–Trinajstić information content (AvgIpc) is 3.07. The Morgan fingerprint density at radius 2 is 2.08 bits per heavy atom. The first-order valence-electron chi connectivity index (χ1n) is 7.16. The van der Waals surface area contributed by atoms with Gasteiger partial charge in [0.15, 0.2) is 0 Å². The van der Waals surface area contributed by atoms with Gasteiger partial charge in [0.25, 0.3) is 0 Å². The molecule has 3 N–H and O–H groups in total. The summed E-state index contributed by atoms with van der Waals surface area (Å²) in [6.45, 7) is 3.66. The third-order valence-corrected chi connectivity index (χ3v) is 3.75. The third-order valence-electron chi connectivity index (χ3n) is 3.75. The van der Waals surface area contributed by atoms with Gasteiger partial charge in [0, 0.05) is 5.57 Å². The van der Waals surface area contributed by atoms with Gasteiger partial charge in [-0.05, 0) is 13.0 Å². The molecule has 1 unspecified atom stereocenters. The molecular weight excluding hydrogens is 324 g/mol. The number of carboxylic acid groups (broad SMARTS) is 1. The number of hydrogen-bond acceptors (Lipinski definition) is 8. The zero-order valence-electron chi connectivity index (χ0n) is 12.9. The van der Waals surface area contributed by atoms with Crippen LogP contribution in [0, 0.1) is 11.8 Å². The fourth-order valence-corrected chi connectivity index (χ4v) is 2.60. The molecule has 0 aromatic heterocycles. The van der Waals surface area contributed by atoms with E-state index in [0.717, 1.165) is 0 Å². The first-order chi connectivity index (χ1) is 11.2. The standard InChI is InChI=1S/C15H18O9/c1-7(2)13(20)24-15-4-3-9(23-15)10(12(18)19)11(15)14(21)22-6-8(17)5-16/h3-4,8-11,16-17H,1,5-6H2,2H3,(H,18,19)/t8?,9-,10-,11+,15-/m0/s1. The Hall–Kier alpha value is -2.23. The lowest BCUT2D eigenvalue weighted by atomic mass is 9.81. The molecule has 2 aliphatic rings. The number of fused-ring (bicyclic) bond motifs is 2. The number of carbonyl (C=O) groups excluding carboxylic acids is 2. The van der Waals surface area contributed by atoms with E-state index in [0.29, 0.717) is 0 Å². The minimum atomic E-state index is -1.90. The molecule has 2 aliphatic heterocycles. The molecule has 2 heterocycles. The predicted octanol–water partition coefficient (Wildman–Crippen LogP) is -1.02. The summed E-state index contributed by atoms with van der Waals surface area (Å²) < 4.78 is 15.4. The number of aliphatic hydroxyl groups excluding tert-OH is 2. The van der Waals surface area contributed by atoms with Gasteiger partial charge in [-0.2, -0.15) is 0 Å². The molecule has 0 saturated carbocycles. The highest BCUT2D eigenvalue weighted by Gasteiger charge is 2.65. The summed E-state index contributed by atoms with van der Waals surface area (Å²) in [5.41, 5.74) is 0.0476. The summed E-state index contributed by atoms with van der Waals surface area (Å²) in [5.74, 6) is -7.84. The minimum Gasteiger partial charge on any atom is -0.481 e. The Kier molecular flexibility index (Phi) is 5.07. The van der Waals surface area contributed by atoms with Crippen molar-refractivity contribution < 1.29 is 43.9 Å². The molecule has 24 heavy (non-hydrogen) atoms. The van der Waals surface area contributed by atoms with Gasteiger partial charge in [0.2, 0.25) is 5.79 Å². The smallest absolute Gasteiger partial charge is 0.335 e. The van der Waals surface area contributed by atoms with Crippen molar-refractivity contribution in [1.82, 2.24) is 0 Å². The summed E-state index contributed by atoms with van der Waals surface area (Å²) in [5, 5.41) is 27.4. The van der Waals surface area contributed by atoms with Crippen LogP contribution in [0.3, 0.4) is 0 Å². The Morgan fingerprint density at radius 3 is 2.62 bits per heavy atom. The summed E-state index contributed by atoms with van der Waals surface area (Å²) >= 11 is 0. The van der Waals surface area contributed by atoms with Gasteiger partial charge in [-0.25, -0.2) is 4.79 Å². The quantitative estimate of drug-likeness (QED) is 0.301. The van der Waals surface area contributed by atoms with Crippen LogP contribution in [0.5, 0.6) is 0 Å². The molecular formula is C15H18O9. The van der Waals surface area contributed by atoms with Gasteiger partial charge in [0.05, 0.1) is 12.7 Å². The maximum Gasteiger partial charge on any atom is 0.335 e. The molecule has 9 nitrogen and oxygen atoms in total. The van der Waals surface area contributed by atoms with Gasteiger partial charge < -0.3 is 29.5 Å². The SMILES string of the molecule is C=C(C)C(=O)O[C@]12C=C[C@H](O1)[C@H](C(=O)O)[C@@H]2C(=O)OCC(O)CO. The molecule has 5 atom stereocenters. The molecule has 0 amide bonds. The van der Waals surface area contributed by atoms with Crippen LogP contribution in [0.4, 0.5) is 0 Å². The molecule has 1 saturated heterocycles. The van der Waals surface area contributed by atoms with Gasteiger partial charge >= 0.3 is 17.9 Å². The van der Waals surface area contributed by atoms with Crippen molar-refractivity contribution in [1.29, 1.82) is 0 Å². The maximum atomic E-state index is 12.3. The number of aliphatic carboxylic acids is 1. The summed E-state index contributed by atoms with van der Waals surface area (Å²) in [4.78, 5) is 35.6. The average molecular weight is 342 g/mol. The molecule has 132 valence electrons. The van der Waals surface area contributed by atoms with Gasteiger partial charge in [-0.15, -0.1) is 0 Å². The molecule has 0 radical (unpaired) electrons. The van der Waals surface area contributed by atoms with Crippen LogP contribution < -0.4 is 0 Å². The normalized spacial score (nSPS) is 31.5. The number of carboxylic acids is 1. The highest BCUT2D eigenvalue weighted by atomic mass is 16.7. The Balaban J connectivity index is 2.26. The number of hydrogen-bond donors (Lipinski definition) is 3. The number of aliphatic hydroxyl groups is 2. The number of carbonyl (C=O) groups is 3. The van der Waals surface area contributed by atoms with Crippen LogP contribution in [0.25, 0.3) is 0 Å². The van der Waals surface area contributed by atoms with E-state index in [-0.39, 0.29) is 5.57 Å². The number of ether oxygens (including phenoxy) is 3. The molecule has 9 heteroatoms. The highest BCUT2D eigenvalue weighted by Crippen LogP contribution is 2.48. The maximum absolute atomic E-state index is 12.3. The Labute approximate surface area is 137 Å². The largest absolute Gasteiger partial charge is 0.481 e. The van der Waals surface area contributed by atoms with E-state index in [1.54, 1.807) is 0 Å². The van der Waals surface area contributed by atoms with Crippen molar-refractivity contribution in [3.05, 3.63) is 24.3 Å². The van der Waals surface area contributed by atoms with E-state index in [1.165, 1.54) is 19.1 Å². The topological polar surface area (TPSA) is 140 Å². The van der Waals surface area contributed by atoms with E-state index in [9.17, 15) is 24.6 Å². The lowest BCUT2D eigenvalue weighted by Gasteiger charge is -2.30. The second kappa shape index (κ2) is 6.71. The highest BCUT2D eigenvalue weighted by molar-refractivity contribution is 5.89. The van der Waals surface area contributed by atoms with Gasteiger partial charge in [-0.3, -0.25) is 9.59 Å². The third kappa shape index (κ3) is 3.18. The molecule has 0 aromatic carbocycles. The van der Waals surface area contributed by atoms with Crippen molar-refractivity contribution >= 4 is 17.9 Å². The molecule has 0 aromatic rings. The lowest BCUT2D eigenvalue weighted by molar-refractivity contribution is -0.208. The van der Waals surface area contributed by atoms with Gasteiger partial charge in [0.1, 0.15) is 24.5 Å². The second-order valence-corrected chi connectivity index (χ2v) is 5.64. The van der Waals surface area contributed by atoms with E-state index < -0.39 is 61.0 Å². The van der Waals surface area contributed by atoms with Crippen LogP contribution in [0.1, 0.15) is 6.92 Å². The van der Waals surface area contributed by atoms with Crippen molar-refractivity contribution in [2.45, 2.75) is 24.9 Å². The zero-order chi connectivity index (χ0) is 18.1. The van der Waals surface area contributed by atoms with Crippen LogP contribution in [0.15, 0.2) is 24.3 Å². The summed E-state index contributed by atoms with van der Waals surface area (Å²) in [6.07, 6.45) is 0.436. The van der Waals surface area contributed by atoms with E-state index in [1.807, 2.05) is 0 Å². The molecule has 2 rings (SSSR count). The molecule has 2 bridgehead atoms. The zero-order valence-corrected chi connectivity index (χ0v) is 12.9. The molecule has 1 fully saturated rings. The predicted molar refractivity (Wildman–Crippen MR) is 76.3 cm³/mol. The van der Waals surface area contributed by atoms with Crippen molar-refractivity contribution in [2.24, 2.45) is 11.8 Å². The number of esters is 2. The number of rotatable bonds is 7. The Bertz CT molecular complexity index is 596. The van der Waals surface area contributed by atoms with Crippen molar-refractivity contribution in [2.75, 3.05) is 13.2 Å². The van der Waals surface area contributed by atoms with Crippen molar-refractivity contribution in [3.63, 3.8) is 0 Å². The monoisotopic (exact) mass is 342 g/mol. The van der Waals surface area contributed by atoms with E-state index >= 15 is 0 Å². The first-order valence-corrected chi connectivity index (χ1v) is 7.16. The second-order valence-electron chi connectivity index (χ2n) is 5.64. The van der Waals surface area contributed by atoms with Crippen LogP contribution >= 0.6 is 0 Å². The summed E-state index contributed by atoms with van der Waals surface area (Å²) in [6, 6.07) is 0. The summed E-state index contributed by atoms with van der Waals surface area (Å²) in [7, 11) is 0. The fraction of sp³-hybridized carbons (Fsp3) is 0.533. The van der Waals surface area contributed by atoms with Gasteiger partial charge in [-0.1, -0.05) is 12.7 Å². The Morgan fingerprint density at radius 1 is 1.42 bits per heavy atom. The lowest BCUT2D eigenvalue weighted by Crippen LogP contribution is -2.47. The molecule has 0 spiro atoms. The van der Waals surface area contributed by atoms with Crippen molar-refractivity contribution in [3.8, 4) is 0 Å². The van der Waals surface area contributed by atoms with Crippen LogP contribution in [-0.2, 0) is 28.6 Å². The van der Waals surface area contributed by atoms with E-state index in [4.69, 9.17) is 19.3 Å². The first kappa shape index (κ1) is 18.1. The van der Waals surface area contributed by atoms with E-state index in [2.05, 4.69) is 6.58 Å². The molecule has 0 aliphatic carbocycles.